The van der Waals surface area contributed by atoms with Gasteiger partial charge in [-0.15, -0.1) is 0 Å². The third-order valence-corrected chi connectivity index (χ3v) is 23.4. The number of hydrogen-bond donors (Lipinski definition) is 4. The number of hydrogen-bond acceptors (Lipinski definition) is 5. The number of carbonyl (C=O) groups excluding carboxylic acids is 3. The Morgan fingerprint density at radius 2 is 0.826 bits per heavy atom. The molecule has 12 fully saturated rings. The molecule has 15 rings (SSSR count). The van der Waals surface area contributed by atoms with Crippen LogP contribution < -0.4 is 21.3 Å². The van der Waals surface area contributed by atoms with E-state index < -0.39 is 0 Å². The van der Waals surface area contributed by atoms with Crippen molar-refractivity contribution in [2.45, 2.75) is 428 Å². The highest BCUT2D eigenvalue weighted by Crippen LogP contribution is 2.57. The highest BCUT2D eigenvalue weighted by molar-refractivity contribution is 6.30. The van der Waals surface area contributed by atoms with Gasteiger partial charge in [0.2, 0.25) is 0 Å². The summed E-state index contributed by atoms with van der Waals surface area (Å²) in [6.07, 6.45) is 51.4. The maximum Gasteiger partial charge on any atom is 0.317 e. The minimum Gasteiger partial charge on any atom is -0.338 e. The number of aryl methyl sites for hydroxylation is 2. The van der Waals surface area contributed by atoms with Gasteiger partial charge in [-0.1, -0.05) is 346 Å². The number of amides is 6. The van der Waals surface area contributed by atoms with E-state index in [0.29, 0.717) is 30.1 Å². The summed E-state index contributed by atoms with van der Waals surface area (Å²) in [7, 11) is 0. The lowest BCUT2D eigenvalue weighted by molar-refractivity contribution is -0.0768. The molecule has 2 unspecified atom stereocenters. The van der Waals surface area contributed by atoms with Gasteiger partial charge >= 0.3 is 18.1 Å². The van der Waals surface area contributed by atoms with Crippen LogP contribution in [0.15, 0.2) is 73.1 Å². The molecule has 14 heteroatoms. The summed E-state index contributed by atoms with van der Waals surface area (Å²) in [5.41, 5.74) is 4.14. The summed E-state index contributed by atoms with van der Waals surface area (Å²) < 4.78 is 12.4. The van der Waals surface area contributed by atoms with Crippen LogP contribution in [0.4, 0.5) is 18.8 Å². The van der Waals surface area contributed by atoms with Crippen LogP contribution in [0.25, 0.3) is 0 Å². The van der Waals surface area contributed by atoms with Crippen molar-refractivity contribution in [3.63, 3.8) is 0 Å². The van der Waals surface area contributed by atoms with Crippen molar-refractivity contribution >= 4 is 41.3 Å². The Hall–Kier alpha value is -4.13. The molecule has 0 spiro atoms. The molecular weight excluding hydrogens is 1460 g/mol. The fraction of sp³-hybridized carbons (Fsp3) is 0.802. The fourth-order valence-corrected chi connectivity index (χ4v) is 16.0. The van der Waals surface area contributed by atoms with Gasteiger partial charge in [-0.2, -0.15) is 0 Å². The van der Waals surface area contributed by atoms with Crippen LogP contribution >= 0.6 is 23.2 Å². The fourth-order valence-electron chi connectivity index (χ4n) is 15.8. The second-order valence-electron chi connectivity index (χ2n) is 32.8. The lowest BCUT2D eigenvalue weighted by atomic mass is 9.52. The summed E-state index contributed by atoms with van der Waals surface area (Å²) >= 11 is 11.3. The monoisotopic (exact) mass is 1660 g/mol. The lowest BCUT2D eigenvalue weighted by Crippen LogP contribution is -2.61. The average Bonchev–Trinajstić information content (AvgIpc) is 1.60. The molecule has 10 saturated carbocycles. The number of nitrogens with zero attached hydrogens (tertiary/aromatic N) is 4. The topological polar surface area (TPSA) is 122 Å². The summed E-state index contributed by atoms with van der Waals surface area (Å²) in [4.78, 5) is 46.2. The molecule has 682 valence electrons. The van der Waals surface area contributed by atoms with Crippen molar-refractivity contribution < 1.29 is 18.8 Å². The summed E-state index contributed by atoms with van der Waals surface area (Å²) in [6, 6.07) is 21.5. The summed E-state index contributed by atoms with van der Waals surface area (Å²) in [5.74, 6) is 6.71. The zero-order valence-electron chi connectivity index (χ0n) is 68.7. The molecule has 2 bridgehead atoms. The number of rotatable bonds is 20. The van der Waals surface area contributed by atoms with E-state index in [1.807, 2.05) is 91.2 Å². The highest BCUT2D eigenvalue weighted by atomic mass is 35.5. The van der Waals surface area contributed by atoms with E-state index in [4.69, 9.17) is 23.2 Å². The lowest BCUT2D eigenvalue weighted by Gasteiger charge is -2.58. The molecule has 6 amide bonds. The molecule has 11 nitrogen and oxygen atoms in total. The van der Waals surface area contributed by atoms with Gasteiger partial charge in [-0.25, -0.2) is 14.4 Å². The van der Waals surface area contributed by atoms with Gasteiger partial charge in [-0.05, 0) is 204 Å². The second-order valence-corrected chi connectivity index (χ2v) is 33.6. The summed E-state index contributed by atoms with van der Waals surface area (Å²) in [5, 5.41) is 14.2. The van der Waals surface area contributed by atoms with Crippen molar-refractivity contribution in [2.24, 2.45) is 52.3 Å². The number of halogens is 3. The van der Waals surface area contributed by atoms with Crippen LogP contribution in [0.1, 0.15) is 406 Å². The van der Waals surface area contributed by atoms with Gasteiger partial charge in [0.05, 0.1) is 6.67 Å². The molecule has 2 aromatic carbocycles. The molecule has 1 aromatic heterocycles. The molecule has 3 aromatic rings. The number of urea groups is 3. The van der Waals surface area contributed by atoms with Gasteiger partial charge in [0, 0.05) is 98.3 Å². The predicted molar refractivity (Wildman–Crippen MR) is 518 cm³/mol. The Morgan fingerprint density at radius 3 is 1.13 bits per heavy atom. The third-order valence-electron chi connectivity index (χ3n) is 22.9. The second kappa shape index (κ2) is 73.8. The number of unbranched alkanes of at least 4 members (excludes halogenated alkanes) is 1. The Bertz CT molecular complexity index is 2570. The van der Waals surface area contributed by atoms with Crippen LogP contribution in [-0.2, 0) is 13.0 Å². The number of aromatic nitrogens is 1. The predicted octanol–water partition coefficient (Wildman–Crippen LogP) is 32.0. The first-order chi connectivity index (χ1) is 50.4. The first kappa shape index (κ1) is 126. The van der Waals surface area contributed by atoms with Crippen molar-refractivity contribution in [1.82, 2.24) is 41.0 Å². The van der Waals surface area contributed by atoms with Gasteiger partial charge in [0.25, 0.3) is 0 Å². The van der Waals surface area contributed by atoms with Crippen LogP contribution in [0.2, 0.25) is 10.0 Å². The first-order valence-corrected chi connectivity index (χ1v) is 43.9. The highest BCUT2D eigenvalue weighted by Gasteiger charge is 2.55. The number of alkyl halides is 1. The molecule has 10 aliphatic carbocycles. The largest absolute Gasteiger partial charge is 0.338 e. The number of carbonyl (C=O) groups is 3. The van der Waals surface area contributed by atoms with Gasteiger partial charge < -0.3 is 36.0 Å². The Labute approximate surface area is 728 Å². The van der Waals surface area contributed by atoms with E-state index in [0.717, 1.165) is 154 Å². The van der Waals surface area contributed by atoms with Crippen molar-refractivity contribution in [3.8, 4) is 0 Å². The van der Waals surface area contributed by atoms with Crippen molar-refractivity contribution in [3.05, 3.63) is 99.8 Å². The molecule has 2 aliphatic heterocycles. The number of piperidine rings is 2. The smallest absolute Gasteiger partial charge is 0.317 e. The van der Waals surface area contributed by atoms with E-state index >= 15 is 0 Å². The van der Waals surface area contributed by atoms with Crippen molar-refractivity contribution in [2.75, 3.05) is 52.5 Å². The Kier molecular flexibility index (Phi) is 81.1. The van der Waals surface area contributed by atoms with Crippen LogP contribution in [-0.4, -0.2) is 108 Å². The molecule has 3 heterocycles. The van der Waals surface area contributed by atoms with Crippen LogP contribution in [0.5, 0.6) is 0 Å². The SMILES string of the molecule is C.C.C.C.C.C.C.C.C.C.C.CC.CC12CNCC(CF)(C1)C2.CC1CCCCC1.CCC1CC1.CCC1CCCCC1.CCCC.CCCN(C(=O)NCC1C2CCCC21)C1CC1.CCCN(C(=O)NCC1CCCCC1)C1CC1.CCCN(C(=O)NCc1ccncc1)C1CC1.CCc1ccc(Cl)cc1.Cc1ccc(Cl)cc1. The summed E-state index contributed by atoms with van der Waals surface area (Å²) in [6.45, 7) is 35.1. The van der Waals surface area contributed by atoms with E-state index in [1.165, 1.54) is 191 Å². The van der Waals surface area contributed by atoms with E-state index in [2.05, 4.69) is 100 Å². The molecule has 0 radical (unpaired) electrons. The maximum absolute atomic E-state index is 12.4. The molecule has 12 aliphatic rings. The zero-order chi connectivity index (χ0) is 76.0. The van der Waals surface area contributed by atoms with E-state index in [9.17, 15) is 18.8 Å². The van der Waals surface area contributed by atoms with E-state index in [1.54, 1.807) is 12.4 Å². The number of fused-ring (bicyclic) bond motifs is 3. The standard InChI is InChI=1S/C14H24N2O.C14H26N2O.C13H19N3O.C8H9Cl.C8H14FN.C8H16.C7H7Cl.C7H14.C5H10.C4H10.C2H6.11CH4/c1-2-8-16(10-6-7-10)14(17)15-9-13-11-4-3-5-12(11)13;1-2-10-16(13-8-9-13)14(17)15-11-12-6-4-3-5-7-12;1-2-9-16(12-3-4-12)13(17)15-10-11-5-7-14-8-6-11;1-2-7-3-5-8(9)6-4-7;1-7-2-8(3-7,4-9)6-10-5-7;1-2-8-6-4-3-5-7-8;1-6-2-4-7(8)5-3-6;1-7-5-3-2-4-6-7;1-2-5-3-4-5;1-3-4-2;1-2;;;;;;;;;;;/h10-13H,2-9H2,1H3,(H,15,17);12-13H,2-11H2,1H3,(H,15,17);5-8,12H,2-4,9-10H2,1H3,(H,15,17);3-6H,2H2,1H3;10H,2-6H2,1H3;8H,2-7H2,1H3;2-5H,1H3;7H,2-6H2,1H3;5H,2-4H2,1H3;3-4H2,1-2H3;1-2H3;11*1H4. The Morgan fingerprint density at radius 1 is 0.452 bits per heavy atom. The quantitative estimate of drug-likeness (QED) is 0.0898. The van der Waals surface area contributed by atoms with Crippen molar-refractivity contribution in [1.29, 1.82) is 0 Å². The number of benzene rings is 2. The van der Waals surface area contributed by atoms with Crippen LogP contribution in [0, 0.1) is 59.2 Å². The average molecular weight is 1660 g/mol. The van der Waals surface area contributed by atoms with Gasteiger partial charge in [0.1, 0.15) is 0 Å². The number of pyridine rings is 1. The first-order valence-electron chi connectivity index (χ1n) is 43.2. The Balaban J connectivity index is -0.000000187. The molecule has 2 atom stereocenters. The molecular formula is C101H199Cl2FN8O3. The maximum atomic E-state index is 12.4. The third kappa shape index (κ3) is 54.0. The normalized spacial score (nSPS) is 20.8. The van der Waals surface area contributed by atoms with Gasteiger partial charge in [0.15, 0.2) is 0 Å². The van der Waals surface area contributed by atoms with Crippen LogP contribution in [0.3, 0.4) is 0 Å². The number of nitrogens with one attached hydrogen (secondary N) is 4. The van der Waals surface area contributed by atoms with Gasteiger partial charge in [-0.3, -0.25) is 9.37 Å². The zero-order valence-corrected chi connectivity index (χ0v) is 70.2. The molecule has 4 N–H and O–H groups in total. The molecule has 2 saturated heterocycles. The minimum absolute atomic E-state index is 0. The van der Waals surface area contributed by atoms with E-state index in [-0.39, 0.29) is 112 Å². The molecule has 115 heavy (non-hydrogen) atoms. The minimum atomic E-state index is -0.129.